The molecule has 150 valence electrons. The number of hydrogen-bond donors (Lipinski definition) is 1. The minimum Gasteiger partial charge on any atom is -0.434 e. The lowest BCUT2D eigenvalue weighted by atomic mass is 10.1. The van der Waals surface area contributed by atoms with E-state index in [4.69, 9.17) is 0 Å². The Labute approximate surface area is 174 Å². The number of benzene rings is 2. The number of thiazole rings is 1. The number of carbonyl (C=O) groups excluding carboxylic acids is 1. The van der Waals surface area contributed by atoms with Crippen LogP contribution in [-0.4, -0.2) is 27.5 Å². The highest BCUT2D eigenvalue weighted by Crippen LogP contribution is 2.33. The van der Waals surface area contributed by atoms with Crippen LogP contribution in [0.15, 0.2) is 72.4 Å². The summed E-state index contributed by atoms with van der Waals surface area (Å²) in [6.45, 7) is -2.94. The zero-order valence-electron chi connectivity index (χ0n) is 15.3. The molecule has 1 amide bonds. The summed E-state index contributed by atoms with van der Waals surface area (Å²) in [5, 5.41) is 4.63. The number of hydrogen-bond acceptors (Lipinski definition) is 6. The number of rotatable bonds is 6. The standard InChI is InChI=1S/C21H14F2N4O2S/c22-20(23)29-17-9-5-4-8-15(17)16-12-30-21(26-16)27-19(28)14-10-24-18(25-11-14)13-6-2-1-3-7-13/h1-12,20H,(H,26,27,28). The number of halogens is 2. The minimum absolute atomic E-state index is 0.0144. The van der Waals surface area contributed by atoms with Crippen LogP contribution in [0.1, 0.15) is 10.4 Å². The molecule has 0 aliphatic heterocycles. The summed E-state index contributed by atoms with van der Waals surface area (Å²) in [6.07, 6.45) is 2.87. The summed E-state index contributed by atoms with van der Waals surface area (Å²) in [6, 6.07) is 15.7. The zero-order chi connectivity index (χ0) is 20.9. The molecule has 2 aromatic heterocycles. The molecule has 0 radical (unpaired) electrons. The van der Waals surface area contributed by atoms with Gasteiger partial charge in [-0.2, -0.15) is 8.78 Å². The normalized spacial score (nSPS) is 10.8. The summed E-state index contributed by atoms with van der Waals surface area (Å²) in [7, 11) is 0. The van der Waals surface area contributed by atoms with Gasteiger partial charge in [-0.1, -0.05) is 42.5 Å². The minimum atomic E-state index is -2.94. The van der Waals surface area contributed by atoms with E-state index >= 15 is 0 Å². The molecule has 4 aromatic rings. The lowest BCUT2D eigenvalue weighted by Crippen LogP contribution is -2.12. The maximum Gasteiger partial charge on any atom is 0.387 e. The second kappa shape index (κ2) is 8.75. The van der Waals surface area contributed by atoms with E-state index in [2.05, 4.69) is 25.0 Å². The third kappa shape index (κ3) is 4.47. The first kappa shape index (κ1) is 19.6. The Morgan fingerprint density at radius 3 is 2.43 bits per heavy atom. The average Bonchev–Trinajstić information content (AvgIpc) is 3.22. The Morgan fingerprint density at radius 2 is 1.70 bits per heavy atom. The Hall–Kier alpha value is -3.72. The number of aromatic nitrogens is 3. The number of ether oxygens (including phenoxy) is 1. The van der Waals surface area contributed by atoms with Crippen molar-refractivity contribution in [1.29, 1.82) is 0 Å². The first-order chi connectivity index (χ1) is 14.6. The Balaban J connectivity index is 1.48. The van der Waals surface area contributed by atoms with Crippen molar-refractivity contribution in [3.05, 3.63) is 77.9 Å². The number of carbonyl (C=O) groups is 1. The number of para-hydroxylation sites is 1. The van der Waals surface area contributed by atoms with E-state index in [1.807, 2.05) is 30.3 Å². The molecule has 4 rings (SSSR count). The van der Waals surface area contributed by atoms with Crippen molar-refractivity contribution in [2.24, 2.45) is 0 Å². The van der Waals surface area contributed by atoms with Gasteiger partial charge in [-0.3, -0.25) is 10.1 Å². The van der Waals surface area contributed by atoms with Crippen LogP contribution in [0.2, 0.25) is 0 Å². The predicted octanol–water partition coefficient (Wildman–Crippen LogP) is 5.12. The third-order valence-electron chi connectivity index (χ3n) is 4.05. The summed E-state index contributed by atoms with van der Waals surface area (Å²) >= 11 is 1.17. The third-order valence-corrected chi connectivity index (χ3v) is 4.81. The van der Waals surface area contributed by atoms with Gasteiger partial charge in [-0.25, -0.2) is 15.0 Å². The fourth-order valence-electron chi connectivity index (χ4n) is 2.68. The van der Waals surface area contributed by atoms with Gasteiger partial charge >= 0.3 is 6.61 Å². The highest BCUT2D eigenvalue weighted by molar-refractivity contribution is 7.14. The maximum atomic E-state index is 12.6. The molecule has 1 N–H and O–H groups in total. The predicted molar refractivity (Wildman–Crippen MR) is 110 cm³/mol. The van der Waals surface area contributed by atoms with Crippen LogP contribution in [0.4, 0.5) is 13.9 Å². The molecule has 6 nitrogen and oxygen atoms in total. The fourth-order valence-corrected chi connectivity index (χ4v) is 3.39. The summed E-state index contributed by atoms with van der Waals surface area (Å²) in [4.78, 5) is 25.2. The van der Waals surface area contributed by atoms with Gasteiger partial charge in [-0.15, -0.1) is 11.3 Å². The van der Waals surface area contributed by atoms with E-state index in [9.17, 15) is 13.6 Å². The molecule has 0 atom stereocenters. The van der Waals surface area contributed by atoms with Crippen molar-refractivity contribution in [3.8, 4) is 28.4 Å². The number of nitrogens with zero attached hydrogens (tertiary/aromatic N) is 3. The van der Waals surface area contributed by atoms with Crippen LogP contribution < -0.4 is 10.1 Å². The molecule has 2 heterocycles. The van der Waals surface area contributed by atoms with E-state index in [1.165, 1.54) is 29.8 Å². The number of anilines is 1. The highest BCUT2D eigenvalue weighted by atomic mass is 32.1. The van der Waals surface area contributed by atoms with E-state index in [1.54, 1.807) is 23.6 Å². The van der Waals surface area contributed by atoms with Crippen LogP contribution in [0.3, 0.4) is 0 Å². The largest absolute Gasteiger partial charge is 0.434 e. The molecule has 0 aliphatic carbocycles. The molecule has 0 fully saturated rings. The van der Waals surface area contributed by atoms with E-state index < -0.39 is 12.5 Å². The second-order valence-electron chi connectivity index (χ2n) is 6.03. The van der Waals surface area contributed by atoms with Gasteiger partial charge < -0.3 is 4.74 Å². The summed E-state index contributed by atoms with van der Waals surface area (Å²) in [5.74, 6) is 0.104. The SMILES string of the molecule is O=C(Nc1nc(-c2ccccc2OC(F)F)cs1)c1cnc(-c2ccccc2)nc1. The number of amides is 1. The van der Waals surface area contributed by atoms with Crippen LogP contribution in [0.5, 0.6) is 5.75 Å². The first-order valence-electron chi connectivity index (χ1n) is 8.79. The molecule has 30 heavy (non-hydrogen) atoms. The Kier molecular flexibility index (Phi) is 5.71. The molecular weight excluding hydrogens is 410 g/mol. The van der Waals surface area contributed by atoms with Gasteiger partial charge in [-0.05, 0) is 12.1 Å². The second-order valence-corrected chi connectivity index (χ2v) is 6.89. The van der Waals surface area contributed by atoms with Crippen molar-refractivity contribution in [2.75, 3.05) is 5.32 Å². The van der Waals surface area contributed by atoms with Gasteiger partial charge in [0, 0.05) is 28.9 Å². The van der Waals surface area contributed by atoms with Gasteiger partial charge in [0.15, 0.2) is 11.0 Å². The van der Waals surface area contributed by atoms with E-state index in [0.29, 0.717) is 22.2 Å². The smallest absolute Gasteiger partial charge is 0.387 e. The average molecular weight is 424 g/mol. The van der Waals surface area contributed by atoms with Crippen molar-refractivity contribution >= 4 is 22.4 Å². The zero-order valence-corrected chi connectivity index (χ0v) is 16.1. The number of alkyl halides is 2. The van der Waals surface area contributed by atoms with Crippen LogP contribution >= 0.6 is 11.3 Å². The lowest BCUT2D eigenvalue weighted by molar-refractivity contribution is -0.0494. The lowest BCUT2D eigenvalue weighted by Gasteiger charge is -2.08. The maximum absolute atomic E-state index is 12.6. The molecule has 0 saturated carbocycles. The molecule has 0 saturated heterocycles. The van der Waals surface area contributed by atoms with Crippen molar-refractivity contribution < 1.29 is 18.3 Å². The van der Waals surface area contributed by atoms with Gasteiger partial charge in [0.2, 0.25) is 0 Å². The Morgan fingerprint density at radius 1 is 1.00 bits per heavy atom. The van der Waals surface area contributed by atoms with Crippen molar-refractivity contribution in [2.45, 2.75) is 6.61 Å². The van der Waals surface area contributed by atoms with Crippen molar-refractivity contribution in [1.82, 2.24) is 15.0 Å². The van der Waals surface area contributed by atoms with Crippen molar-refractivity contribution in [3.63, 3.8) is 0 Å². The monoisotopic (exact) mass is 424 g/mol. The van der Waals surface area contributed by atoms with E-state index in [-0.39, 0.29) is 11.3 Å². The molecule has 9 heteroatoms. The quantitative estimate of drug-likeness (QED) is 0.465. The summed E-state index contributed by atoms with van der Waals surface area (Å²) in [5.41, 5.74) is 1.94. The summed E-state index contributed by atoms with van der Waals surface area (Å²) < 4.78 is 29.8. The van der Waals surface area contributed by atoms with Crippen LogP contribution in [0, 0.1) is 0 Å². The molecular formula is C21H14F2N4O2S. The topological polar surface area (TPSA) is 77.0 Å². The molecule has 0 bridgehead atoms. The Bertz CT molecular complexity index is 1150. The molecule has 0 spiro atoms. The van der Waals surface area contributed by atoms with Gasteiger partial charge in [0.1, 0.15) is 5.75 Å². The number of nitrogens with one attached hydrogen (secondary N) is 1. The molecule has 0 aliphatic rings. The van der Waals surface area contributed by atoms with Crippen LogP contribution in [0.25, 0.3) is 22.6 Å². The van der Waals surface area contributed by atoms with Gasteiger partial charge in [0.25, 0.3) is 5.91 Å². The van der Waals surface area contributed by atoms with Gasteiger partial charge in [0.05, 0.1) is 11.3 Å². The highest BCUT2D eigenvalue weighted by Gasteiger charge is 2.15. The molecule has 2 aromatic carbocycles. The molecule has 0 unspecified atom stereocenters. The van der Waals surface area contributed by atoms with E-state index in [0.717, 1.165) is 5.56 Å². The first-order valence-corrected chi connectivity index (χ1v) is 9.66. The van der Waals surface area contributed by atoms with Crippen LogP contribution in [-0.2, 0) is 0 Å². The fraction of sp³-hybridized carbons (Fsp3) is 0.0476.